The van der Waals surface area contributed by atoms with E-state index in [2.05, 4.69) is 0 Å². The maximum absolute atomic E-state index is 11.6. The molecule has 0 amide bonds. The minimum Gasteiger partial charge on any atom is -0.480 e. The van der Waals surface area contributed by atoms with Gasteiger partial charge in [0, 0.05) is 18.0 Å². The van der Waals surface area contributed by atoms with Crippen LogP contribution in [-0.2, 0) is 11.2 Å². The van der Waals surface area contributed by atoms with E-state index in [4.69, 9.17) is 15.9 Å². The molecule has 0 aliphatic rings. The molecule has 0 bridgehead atoms. The highest BCUT2D eigenvalue weighted by Gasteiger charge is 2.18. The van der Waals surface area contributed by atoms with Gasteiger partial charge in [0.25, 0.3) is 5.91 Å². The van der Waals surface area contributed by atoms with Crippen molar-refractivity contribution >= 4 is 22.8 Å². The van der Waals surface area contributed by atoms with Crippen LogP contribution in [0, 0.1) is 0 Å². The Hall–Kier alpha value is -2.18. The number of carboxylic acid groups (broad SMARTS) is 1. The monoisotopic (exact) mass is 262 g/mol. The number of carbonyl (C=O) groups is 2. The predicted octanol–water partition coefficient (Wildman–Crippen LogP) is 0.228. The number of aromatic nitrogens is 1. The summed E-state index contributed by atoms with van der Waals surface area (Å²) in [7, 11) is 0. The van der Waals surface area contributed by atoms with Crippen LogP contribution in [0.25, 0.3) is 10.9 Å². The number of aliphatic carboxylic acids is 1. The van der Waals surface area contributed by atoms with E-state index in [1.807, 2.05) is 0 Å². The van der Waals surface area contributed by atoms with Crippen LogP contribution in [0.1, 0.15) is 10.4 Å². The first kappa shape index (κ1) is 13.3. The number of benzene rings is 1. The molecule has 0 aliphatic heterocycles. The van der Waals surface area contributed by atoms with Crippen molar-refractivity contribution in [1.82, 2.24) is 4.57 Å². The molecule has 1 unspecified atom stereocenters. The number of hydrogen-bond donors (Lipinski definition) is 3. The lowest BCUT2D eigenvalue weighted by Crippen LogP contribution is -2.32. The lowest BCUT2D eigenvalue weighted by Gasteiger charge is -2.04. The minimum absolute atomic E-state index is 0.127. The van der Waals surface area contributed by atoms with Crippen molar-refractivity contribution in [2.24, 2.45) is 5.73 Å². The second-order valence-corrected chi connectivity index (χ2v) is 4.24. The molecule has 2 aromatic rings. The van der Waals surface area contributed by atoms with Crippen LogP contribution in [-0.4, -0.2) is 39.3 Å². The van der Waals surface area contributed by atoms with Crippen molar-refractivity contribution in [3.05, 3.63) is 36.0 Å². The summed E-state index contributed by atoms with van der Waals surface area (Å²) in [5.41, 5.74) is 6.82. The lowest BCUT2D eigenvalue weighted by atomic mass is 10.1. The zero-order valence-corrected chi connectivity index (χ0v) is 10.1. The molecule has 0 radical (unpaired) electrons. The molecule has 4 N–H and O–H groups in total. The first-order chi connectivity index (χ1) is 9.04. The lowest BCUT2D eigenvalue weighted by molar-refractivity contribution is -0.138. The second-order valence-electron chi connectivity index (χ2n) is 4.24. The normalized spacial score (nSPS) is 12.5. The third-order valence-electron chi connectivity index (χ3n) is 2.96. The highest BCUT2D eigenvalue weighted by molar-refractivity contribution is 5.95. The van der Waals surface area contributed by atoms with E-state index in [9.17, 15) is 9.59 Å². The van der Waals surface area contributed by atoms with Crippen molar-refractivity contribution in [3.63, 3.8) is 0 Å². The molecule has 100 valence electrons. The van der Waals surface area contributed by atoms with Crippen molar-refractivity contribution in [2.75, 3.05) is 6.61 Å². The van der Waals surface area contributed by atoms with Crippen LogP contribution in [0.3, 0.4) is 0 Å². The Morgan fingerprint density at radius 3 is 2.63 bits per heavy atom. The molecular weight excluding hydrogens is 248 g/mol. The van der Waals surface area contributed by atoms with E-state index < -0.39 is 24.5 Å². The standard InChI is InChI=1S/C13H14N2O4/c14-10(13(18)19)5-8-6-15(12(17)7-16)11-4-2-1-3-9(8)11/h1-4,6,10,16H,5,7,14H2,(H,18,19). The number of carbonyl (C=O) groups excluding carboxylic acids is 1. The van der Waals surface area contributed by atoms with E-state index in [-0.39, 0.29) is 6.42 Å². The zero-order chi connectivity index (χ0) is 14.0. The average Bonchev–Trinajstić information content (AvgIpc) is 2.77. The number of aliphatic hydroxyl groups excluding tert-OH is 1. The van der Waals surface area contributed by atoms with Gasteiger partial charge < -0.3 is 15.9 Å². The largest absolute Gasteiger partial charge is 0.480 e. The Morgan fingerprint density at radius 1 is 1.32 bits per heavy atom. The molecule has 6 heteroatoms. The highest BCUT2D eigenvalue weighted by atomic mass is 16.4. The molecule has 19 heavy (non-hydrogen) atoms. The van der Waals surface area contributed by atoms with Gasteiger partial charge in [-0.3, -0.25) is 14.2 Å². The summed E-state index contributed by atoms with van der Waals surface area (Å²) in [6.45, 7) is -0.608. The third-order valence-corrected chi connectivity index (χ3v) is 2.96. The molecule has 1 heterocycles. The van der Waals surface area contributed by atoms with Crippen LogP contribution in [0.15, 0.2) is 30.5 Å². The molecule has 6 nitrogen and oxygen atoms in total. The fourth-order valence-corrected chi connectivity index (χ4v) is 2.02. The molecular formula is C13H14N2O4. The van der Waals surface area contributed by atoms with E-state index in [1.165, 1.54) is 10.8 Å². The Kier molecular flexibility index (Phi) is 3.64. The Bertz CT molecular complexity index is 633. The number of fused-ring (bicyclic) bond motifs is 1. The summed E-state index contributed by atoms with van der Waals surface area (Å²) in [5, 5.41) is 18.5. The van der Waals surface area contributed by atoms with Gasteiger partial charge in [0.1, 0.15) is 12.6 Å². The Morgan fingerprint density at radius 2 is 2.00 bits per heavy atom. The number of hydrogen-bond acceptors (Lipinski definition) is 4. The van der Waals surface area contributed by atoms with E-state index in [1.54, 1.807) is 24.3 Å². The summed E-state index contributed by atoms with van der Waals surface area (Å²) >= 11 is 0. The maximum Gasteiger partial charge on any atom is 0.320 e. The van der Waals surface area contributed by atoms with Crippen LogP contribution in [0.2, 0.25) is 0 Å². The number of nitrogens with two attached hydrogens (primary N) is 1. The molecule has 1 aromatic heterocycles. The minimum atomic E-state index is -1.09. The zero-order valence-electron chi connectivity index (χ0n) is 10.1. The Balaban J connectivity index is 2.50. The van der Waals surface area contributed by atoms with E-state index in [0.717, 1.165) is 5.39 Å². The highest BCUT2D eigenvalue weighted by Crippen LogP contribution is 2.22. The Labute approximate surface area is 109 Å². The van der Waals surface area contributed by atoms with Gasteiger partial charge in [-0.2, -0.15) is 0 Å². The van der Waals surface area contributed by atoms with Crippen LogP contribution in [0.5, 0.6) is 0 Å². The number of para-hydroxylation sites is 1. The van der Waals surface area contributed by atoms with Gasteiger partial charge in [-0.25, -0.2) is 0 Å². The molecule has 0 fully saturated rings. The van der Waals surface area contributed by atoms with E-state index >= 15 is 0 Å². The maximum atomic E-state index is 11.6. The molecule has 0 saturated carbocycles. The molecule has 1 atom stereocenters. The van der Waals surface area contributed by atoms with Crippen LogP contribution in [0.4, 0.5) is 0 Å². The van der Waals surface area contributed by atoms with Crippen LogP contribution < -0.4 is 5.73 Å². The summed E-state index contributed by atoms with van der Waals surface area (Å²) < 4.78 is 1.32. The smallest absolute Gasteiger partial charge is 0.320 e. The summed E-state index contributed by atoms with van der Waals surface area (Å²) in [5.74, 6) is -1.56. The van der Waals surface area contributed by atoms with Crippen molar-refractivity contribution in [2.45, 2.75) is 12.5 Å². The van der Waals surface area contributed by atoms with Crippen LogP contribution >= 0.6 is 0 Å². The SMILES string of the molecule is NC(Cc1cn(C(=O)CO)c2ccccc12)C(=O)O. The van der Waals surface area contributed by atoms with Gasteiger partial charge in [-0.15, -0.1) is 0 Å². The molecule has 0 saturated heterocycles. The van der Waals surface area contributed by atoms with Gasteiger partial charge in [0.15, 0.2) is 0 Å². The third kappa shape index (κ3) is 2.49. The number of carboxylic acids is 1. The van der Waals surface area contributed by atoms with E-state index in [0.29, 0.717) is 11.1 Å². The second kappa shape index (κ2) is 5.21. The summed E-state index contributed by atoms with van der Waals surface area (Å²) in [6.07, 6.45) is 1.66. The van der Waals surface area contributed by atoms with Gasteiger partial charge in [-0.05, 0) is 11.6 Å². The fourth-order valence-electron chi connectivity index (χ4n) is 2.02. The number of rotatable bonds is 4. The number of nitrogens with zero attached hydrogens (tertiary/aromatic N) is 1. The topological polar surface area (TPSA) is 106 Å². The fraction of sp³-hybridized carbons (Fsp3) is 0.231. The molecule has 0 aliphatic carbocycles. The first-order valence-electron chi connectivity index (χ1n) is 5.76. The van der Waals surface area contributed by atoms with Gasteiger partial charge in [-0.1, -0.05) is 18.2 Å². The van der Waals surface area contributed by atoms with Gasteiger partial charge in [0.2, 0.25) is 0 Å². The molecule has 1 aromatic carbocycles. The van der Waals surface area contributed by atoms with Crippen molar-refractivity contribution in [3.8, 4) is 0 Å². The summed E-state index contributed by atoms with van der Waals surface area (Å²) in [4.78, 5) is 22.4. The number of aliphatic hydroxyl groups is 1. The summed E-state index contributed by atoms with van der Waals surface area (Å²) in [6, 6.07) is 6.07. The van der Waals surface area contributed by atoms with Crippen molar-refractivity contribution < 1.29 is 19.8 Å². The van der Waals surface area contributed by atoms with Gasteiger partial charge >= 0.3 is 5.97 Å². The average molecular weight is 262 g/mol. The first-order valence-corrected chi connectivity index (χ1v) is 5.76. The predicted molar refractivity (Wildman–Crippen MR) is 69.0 cm³/mol. The molecule has 2 rings (SSSR count). The quantitative estimate of drug-likeness (QED) is 0.731. The molecule has 0 spiro atoms. The van der Waals surface area contributed by atoms with Gasteiger partial charge in [0.05, 0.1) is 5.52 Å². The van der Waals surface area contributed by atoms with Crippen molar-refractivity contribution in [1.29, 1.82) is 0 Å².